The molecular formula is C64H96Br4N24O4Zn8. The van der Waals surface area contributed by atoms with Crippen molar-refractivity contribution < 1.29 is 178 Å². The molecule has 12 rings (SSSR count). The number of hydrogen-bond acceptors (Lipinski definition) is 16. The molecule has 40 heteroatoms. The summed E-state index contributed by atoms with van der Waals surface area (Å²) in [5.74, 6) is 0. The van der Waals surface area contributed by atoms with Crippen LogP contribution in [0.2, 0.25) is 0 Å². The quantitative estimate of drug-likeness (QED) is 0.115. The van der Waals surface area contributed by atoms with Crippen molar-refractivity contribution >= 4 is 63.7 Å². The third-order valence-electron chi connectivity index (χ3n) is 9.54. The first-order chi connectivity index (χ1) is 43.3. The zero-order valence-electron chi connectivity index (χ0n) is 65.4. The van der Waals surface area contributed by atoms with Crippen molar-refractivity contribution in [2.75, 3.05) is 21.3 Å². The minimum absolute atomic E-state index is 0. The molecule has 0 atom stereocenters. The van der Waals surface area contributed by atoms with Gasteiger partial charge in [0, 0.05) is 89.6 Å². The molecule has 12 aromatic heterocycles. The fourth-order valence-electron chi connectivity index (χ4n) is 6.21. The number of nitrogens with zero attached hydrogens (tertiary/aromatic N) is 24. The van der Waals surface area contributed by atoms with E-state index in [1.54, 1.807) is 0 Å². The molecule has 0 saturated heterocycles. The third-order valence-corrected chi connectivity index (χ3v) is 13.3. The largest absolute Gasteiger partial charge is 2.00 e. The van der Waals surface area contributed by atoms with Crippen LogP contribution in [0.15, 0.2) is 72.8 Å². The van der Waals surface area contributed by atoms with Crippen LogP contribution in [0.5, 0.6) is 0 Å². The van der Waals surface area contributed by atoms with Gasteiger partial charge in [0.15, 0.2) is 0 Å². The van der Waals surface area contributed by atoms with Crippen molar-refractivity contribution in [3.05, 3.63) is 209 Å². The van der Waals surface area contributed by atoms with E-state index >= 15 is 0 Å². The summed E-state index contributed by atoms with van der Waals surface area (Å²) in [6, 6.07) is 23.3. The van der Waals surface area contributed by atoms with E-state index in [9.17, 15) is 0 Å². The minimum Gasteiger partial charge on any atom is -0.870 e. The fraction of sp³-hybridized carbons (Fsp3) is 0.438. The van der Waals surface area contributed by atoms with E-state index < -0.39 is 0 Å². The van der Waals surface area contributed by atoms with E-state index in [1.807, 2.05) is 239 Å². The molecule has 0 saturated carbocycles. The van der Waals surface area contributed by atoms with Crippen LogP contribution >= 0.6 is 63.7 Å². The first kappa shape index (κ1) is 134. The normalized spacial score (nSPS) is 8.19. The van der Waals surface area contributed by atoms with Crippen molar-refractivity contribution in [1.29, 1.82) is 0 Å². The van der Waals surface area contributed by atoms with E-state index in [-0.39, 0.29) is 178 Å². The molecule has 540 valence electrons. The van der Waals surface area contributed by atoms with Crippen molar-refractivity contribution in [3.8, 4) is 0 Å². The Labute approximate surface area is 752 Å². The topological polar surface area (TPSA) is 444 Å². The first-order valence-corrected chi connectivity index (χ1v) is 33.2. The van der Waals surface area contributed by atoms with Crippen molar-refractivity contribution in [1.82, 2.24) is 122 Å². The number of halogens is 4. The Kier molecular flexibility index (Phi) is 106. The summed E-state index contributed by atoms with van der Waals surface area (Å²) >= 11 is 12.8. The SMILES string of the molecule is BrCCBr.BrCCBr.Cc1cc(C)[n-]n1.Cc1cc(C)[n-]n1.Cc1cc(C)[n-]n1.Cc1cc(C)[n-]n1.Cc1cc(C)[n-]n1.Cc1cc(C)[n-]n1.Cc1cc(C)[n-]n1.Cc1cc(C)[n-]n1.Cc1cc(C)[n-]n1.Cc1cc(C)[n-]n1.Cc1cc(C)[n-]n1.Cc1cc(C)[n-]n1.[OH-].[OH-].[OH-].[OH-].[Zn+2].[Zn+2].[Zn+2].[Zn+2].[Zn+2].[Zn+2].[Zn+2].[Zn+2]. The Balaban J connectivity index is -0.0000000694. The molecule has 0 bridgehead atoms. The number of aromatic nitrogens is 24. The number of rotatable bonds is 2. The van der Waals surface area contributed by atoms with E-state index in [0.717, 1.165) is 158 Å². The van der Waals surface area contributed by atoms with Crippen LogP contribution < -0.4 is 61.2 Å². The molecule has 12 aromatic rings. The standard InChI is InChI=1S/12C5H7N2.2C2H4Br2.4H2O.8Zn/c12*1-4-3-5(2)7-6-4;2*3-1-2-4;;;;;;;;;;;;/h12*3H,1-2H3;2*1-2H2;4*1H2;;;;;;;;/q12*-1;;;;;;;8*+2/p-4. The van der Waals surface area contributed by atoms with Crippen LogP contribution in [-0.2, 0) is 156 Å². The number of alkyl halides is 4. The van der Waals surface area contributed by atoms with Gasteiger partial charge in [-0.15, -0.1) is 68.3 Å². The van der Waals surface area contributed by atoms with Gasteiger partial charge >= 0.3 is 156 Å². The van der Waals surface area contributed by atoms with E-state index in [4.69, 9.17) is 0 Å². The molecule has 0 aliphatic rings. The van der Waals surface area contributed by atoms with Gasteiger partial charge in [0.25, 0.3) is 0 Å². The molecule has 0 spiro atoms. The van der Waals surface area contributed by atoms with Crippen LogP contribution in [0.4, 0.5) is 0 Å². The monoisotopic (exact) mass is 2090 g/mol. The number of aryl methyl sites for hydroxylation is 24. The fourth-order valence-corrected chi connectivity index (χ4v) is 6.21. The molecule has 4 N–H and O–H groups in total. The average molecular weight is 2110 g/mol. The maximum atomic E-state index is 3.77. The van der Waals surface area contributed by atoms with Crippen molar-refractivity contribution in [2.45, 2.75) is 166 Å². The van der Waals surface area contributed by atoms with E-state index in [2.05, 4.69) is 186 Å². The Morgan fingerprint density at radius 1 is 0.163 bits per heavy atom. The van der Waals surface area contributed by atoms with Gasteiger partial charge in [-0.05, 0) is 83.1 Å². The first-order valence-electron chi connectivity index (χ1n) is 28.8. The molecule has 0 amide bonds. The summed E-state index contributed by atoms with van der Waals surface area (Å²) in [5.41, 5.74) is 23.9. The molecule has 0 aliphatic carbocycles. The van der Waals surface area contributed by atoms with Crippen molar-refractivity contribution in [2.24, 2.45) is 0 Å². The smallest absolute Gasteiger partial charge is 0.870 e. The van der Waals surface area contributed by atoms with Crippen molar-refractivity contribution in [3.63, 3.8) is 0 Å². The van der Waals surface area contributed by atoms with Crippen LogP contribution in [0.1, 0.15) is 137 Å². The van der Waals surface area contributed by atoms with Gasteiger partial charge in [0.1, 0.15) is 0 Å². The second-order valence-electron chi connectivity index (χ2n) is 20.3. The Bertz CT molecular complexity index is 2640. The molecule has 28 nitrogen and oxygen atoms in total. The van der Waals surface area contributed by atoms with Gasteiger partial charge in [-0.3, -0.25) is 0 Å². The van der Waals surface area contributed by atoms with Crippen LogP contribution in [-0.4, -0.2) is 104 Å². The molecule has 0 aromatic carbocycles. The second-order valence-corrected chi connectivity index (χ2v) is 23.5. The van der Waals surface area contributed by atoms with E-state index in [1.165, 1.54) is 0 Å². The Morgan fingerprint density at radius 3 is 0.231 bits per heavy atom. The molecule has 0 fully saturated rings. The summed E-state index contributed by atoms with van der Waals surface area (Å²) in [6.45, 7) is 46.3. The van der Waals surface area contributed by atoms with Gasteiger partial charge in [0.2, 0.25) is 0 Å². The summed E-state index contributed by atoms with van der Waals surface area (Å²) < 4.78 is 0. The summed E-state index contributed by atoms with van der Waals surface area (Å²) in [7, 11) is 0. The third kappa shape index (κ3) is 83.3. The summed E-state index contributed by atoms with van der Waals surface area (Å²) in [6.07, 6.45) is 0. The van der Waals surface area contributed by atoms with Crippen LogP contribution in [0, 0.1) is 166 Å². The zero-order chi connectivity index (χ0) is 70.1. The van der Waals surface area contributed by atoms with Gasteiger partial charge in [0.05, 0.1) is 0 Å². The van der Waals surface area contributed by atoms with Crippen LogP contribution in [0.3, 0.4) is 0 Å². The molecule has 0 radical (unpaired) electrons. The minimum atomic E-state index is 0. The Hall–Kier alpha value is -2.73. The molecular weight excluding hydrogens is 2010 g/mol. The summed E-state index contributed by atoms with van der Waals surface area (Å²) in [4.78, 5) is 0. The predicted octanol–water partition coefficient (Wildman–Crippen LogP) is 10.7. The van der Waals surface area contributed by atoms with Gasteiger partial charge in [-0.1, -0.05) is 220 Å². The summed E-state index contributed by atoms with van der Waals surface area (Å²) in [5, 5.41) is 94.6. The predicted molar refractivity (Wildman–Crippen MR) is 387 cm³/mol. The second kappa shape index (κ2) is 82.8. The maximum absolute atomic E-state index is 3.77. The Morgan fingerprint density at radius 2 is 0.221 bits per heavy atom. The molecule has 104 heavy (non-hydrogen) atoms. The number of hydrogen-bond donors (Lipinski definition) is 0. The van der Waals surface area contributed by atoms with Crippen LogP contribution in [0.25, 0.3) is 0 Å². The van der Waals surface area contributed by atoms with E-state index in [0.29, 0.717) is 0 Å². The molecule has 12 heterocycles. The van der Waals surface area contributed by atoms with Gasteiger partial charge in [-0.25, -0.2) is 0 Å². The van der Waals surface area contributed by atoms with Gasteiger partial charge in [-0.2, -0.15) is 0 Å². The molecule has 0 unspecified atom stereocenters. The average Bonchev–Trinajstić information content (AvgIpc) is 2.59. The molecule has 0 aliphatic heterocycles. The maximum Gasteiger partial charge on any atom is 2.00 e. The van der Waals surface area contributed by atoms with Gasteiger partial charge < -0.3 is 144 Å². The zero-order valence-corrected chi connectivity index (χ0v) is 95.5.